The molecule has 0 aromatic carbocycles. The molecule has 0 saturated heterocycles. The quantitative estimate of drug-likeness (QED) is 0.0222. The van der Waals surface area contributed by atoms with Crippen molar-refractivity contribution in [2.75, 3.05) is 39.6 Å². The zero-order chi connectivity index (χ0) is 59.5. The molecule has 2 unspecified atom stereocenters. The van der Waals surface area contributed by atoms with E-state index in [1.807, 2.05) is 0 Å². The monoisotopic (exact) mass is 1180 g/mol. The first-order valence-corrected chi connectivity index (χ1v) is 34.8. The second-order valence-corrected chi connectivity index (χ2v) is 26.4. The molecule has 0 amide bonds. The molecule has 0 spiro atoms. The number of aliphatic hydroxyl groups excluding tert-OH is 1. The Morgan fingerprint density at radius 3 is 0.850 bits per heavy atom. The van der Waals surface area contributed by atoms with Gasteiger partial charge in [-0.05, 0) is 43.4 Å². The molecule has 474 valence electrons. The van der Waals surface area contributed by atoms with E-state index in [2.05, 4.69) is 48.5 Å². The number of carbonyl (C=O) groups excluding carboxylic acids is 4. The van der Waals surface area contributed by atoms with Crippen LogP contribution in [0.5, 0.6) is 0 Å². The number of ether oxygens (including phenoxy) is 4. The third kappa shape index (κ3) is 55.3. The van der Waals surface area contributed by atoms with Gasteiger partial charge in [0.2, 0.25) is 0 Å². The Bertz CT molecular complexity index is 1600. The molecule has 17 nitrogen and oxygen atoms in total. The normalized spacial score (nSPS) is 14.5. The van der Waals surface area contributed by atoms with Crippen LogP contribution in [0.15, 0.2) is 0 Å². The van der Waals surface area contributed by atoms with Crippen LogP contribution in [0.25, 0.3) is 0 Å². The first-order chi connectivity index (χ1) is 38.2. The van der Waals surface area contributed by atoms with Crippen molar-refractivity contribution in [3.8, 4) is 0 Å². The van der Waals surface area contributed by atoms with Crippen molar-refractivity contribution in [2.45, 2.75) is 311 Å². The van der Waals surface area contributed by atoms with Gasteiger partial charge in [-0.15, -0.1) is 0 Å². The fourth-order valence-corrected chi connectivity index (χ4v) is 10.5. The first-order valence-electron chi connectivity index (χ1n) is 31.8. The molecular weight excluding hydrogens is 1070 g/mol. The number of rotatable bonds is 59. The molecule has 0 aromatic heterocycles. The van der Waals surface area contributed by atoms with Gasteiger partial charge in [0.1, 0.15) is 19.3 Å². The van der Waals surface area contributed by atoms with Crippen molar-refractivity contribution in [3.63, 3.8) is 0 Å². The van der Waals surface area contributed by atoms with Crippen molar-refractivity contribution >= 4 is 39.5 Å². The van der Waals surface area contributed by atoms with Gasteiger partial charge in [-0.2, -0.15) is 0 Å². The van der Waals surface area contributed by atoms with Crippen LogP contribution in [0.1, 0.15) is 292 Å². The molecule has 0 rings (SSSR count). The van der Waals surface area contributed by atoms with Gasteiger partial charge in [0, 0.05) is 25.7 Å². The largest absolute Gasteiger partial charge is 0.472 e. The molecule has 19 heteroatoms. The Hall–Kier alpha value is -1.94. The second kappa shape index (κ2) is 52.6. The molecule has 3 N–H and O–H groups in total. The number of phosphoric ester groups is 2. The van der Waals surface area contributed by atoms with Crippen LogP contribution in [0.3, 0.4) is 0 Å². The van der Waals surface area contributed by atoms with Crippen LogP contribution < -0.4 is 0 Å². The molecule has 0 radical (unpaired) electrons. The Labute approximate surface area is 486 Å². The van der Waals surface area contributed by atoms with Crippen LogP contribution in [0.4, 0.5) is 0 Å². The lowest BCUT2D eigenvalue weighted by Crippen LogP contribution is -2.30. The van der Waals surface area contributed by atoms with E-state index >= 15 is 0 Å². The van der Waals surface area contributed by atoms with E-state index in [4.69, 9.17) is 37.0 Å². The number of carbonyl (C=O) groups is 4. The summed E-state index contributed by atoms with van der Waals surface area (Å²) < 4.78 is 67.6. The average Bonchev–Trinajstić information content (AvgIpc) is 3.40. The average molecular weight is 1190 g/mol. The summed E-state index contributed by atoms with van der Waals surface area (Å²) in [5.74, 6) is -0.0121. The van der Waals surface area contributed by atoms with Crippen LogP contribution in [0, 0.1) is 17.8 Å². The lowest BCUT2D eigenvalue weighted by atomic mass is 10.0. The molecule has 80 heavy (non-hydrogen) atoms. The molecule has 0 aliphatic rings. The molecule has 0 aliphatic carbocycles. The Kier molecular flexibility index (Phi) is 51.3. The molecule has 0 fully saturated rings. The van der Waals surface area contributed by atoms with Gasteiger partial charge in [-0.3, -0.25) is 37.3 Å². The SMILES string of the molecule is CCCCCCCC(=O)OC[C@H](COP(=O)(O)OC[C@H](O)COP(=O)(O)OC[C@@H](COC(=O)CCCCCCCCC(C)C)OC(=O)CCCCCCCCCCCCCCCCC(C)C)OC(=O)CCCCCCCCC(C)C. The number of hydrogen-bond donors (Lipinski definition) is 3. The van der Waals surface area contributed by atoms with Gasteiger partial charge >= 0.3 is 39.5 Å². The van der Waals surface area contributed by atoms with Crippen LogP contribution in [-0.2, 0) is 65.4 Å². The fraction of sp³-hybridized carbons (Fsp3) is 0.934. The maximum absolute atomic E-state index is 12.9. The lowest BCUT2D eigenvalue weighted by Gasteiger charge is -2.21. The highest BCUT2D eigenvalue weighted by Crippen LogP contribution is 2.45. The summed E-state index contributed by atoms with van der Waals surface area (Å²) in [5.41, 5.74) is 0. The van der Waals surface area contributed by atoms with E-state index < -0.39 is 97.5 Å². The Morgan fingerprint density at radius 2 is 0.575 bits per heavy atom. The predicted octanol–water partition coefficient (Wildman–Crippen LogP) is 16.3. The number of hydrogen-bond acceptors (Lipinski definition) is 15. The third-order valence-electron chi connectivity index (χ3n) is 13.9. The van der Waals surface area contributed by atoms with Crippen LogP contribution in [0.2, 0.25) is 0 Å². The van der Waals surface area contributed by atoms with Crippen molar-refractivity contribution in [1.82, 2.24) is 0 Å². The molecule has 0 aliphatic heterocycles. The minimum Gasteiger partial charge on any atom is -0.462 e. The van der Waals surface area contributed by atoms with E-state index in [9.17, 15) is 43.2 Å². The van der Waals surface area contributed by atoms with Gasteiger partial charge in [0.25, 0.3) is 0 Å². The van der Waals surface area contributed by atoms with Crippen molar-refractivity contribution in [3.05, 3.63) is 0 Å². The summed E-state index contributed by atoms with van der Waals surface area (Å²) in [6.45, 7) is 11.5. The molecule has 0 heterocycles. The second-order valence-electron chi connectivity index (χ2n) is 23.5. The molecule has 5 atom stereocenters. The van der Waals surface area contributed by atoms with Crippen LogP contribution >= 0.6 is 15.6 Å². The van der Waals surface area contributed by atoms with Gasteiger partial charge in [-0.25, -0.2) is 9.13 Å². The highest BCUT2D eigenvalue weighted by molar-refractivity contribution is 7.47. The number of aliphatic hydroxyl groups is 1. The first kappa shape index (κ1) is 78.1. The van der Waals surface area contributed by atoms with Gasteiger partial charge in [0.05, 0.1) is 26.4 Å². The van der Waals surface area contributed by atoms with E-state index in [-0.39, 0.29) is 25.7 Å². The van der Waals surface area contributed by atoms with Gasteiger partial charge < -0.3 is 33.8 Å². The minimum absolute atomic E-state index is 0.101. The van der Waals surface area contributed by atoms with Gasteiger partial charge in [-0.1, -0.05) is 241 Å². The Morgan fingerprint density at radius 1 is 0.338 bits per heavy atom. The van der Waals surface area contributed by atoms with Crippen molar-refractivity contribution in [1.29, 1.82) is 0 Å². The summed E-state index contributed by atoms with van der Waals surface area (Å²) in [4.78, 5) is 71.7. The molecule has 0 saturated carbocycles. The maximum Gasteiger partial charge on any atom is 0.472 e. The van der Waals surface area contributed by atoms with Crippen LogP contribution in [-0.4, -0.2) is 96.7 Å². The maximum atomic E-state index is 12.9. The summed E-state index contributed by atoms with van der Waals surface area (Å²) in [6.07, 6.45) is 32.8. The zero-order valence-corrected chi connectivity index (χ0v) is 53.3. The topological polar surface area (TPSA) is 237 Å². The number of phosphoric acid groups is 2. The highest BCUT2D eigenvalue weighted by atomic mass is 31.2. The lowest BCUT2D eigenvalue weighted by molar-refractivity contribution is -0.161. The van der Waals surface area contributed by atoms with Gasteiger partial charge in [0.15, 0.2) is 12.2 Å². The van der Waals surface area contributed by atoms with E-state index in [1.165, 1.54) is 89.9 Å². The predicted molar refractivity (Wildman–Crippen MR) is 317 cm³/mol. The summed E-state index contributed by atoms with van der Waals surface area (Å²) in [5, 5.41) is 10.5. The van der Waals surface area contributed by atoms with E-state index in [1.54, 1.807) is 0 Å². The molecular formula is C61H118O17P2. The fourth-order valence-electron chi connectivity index (χ4n) is 8.95. The van der Waals surface area contributed by atoms with E-state index in [0.717, 1.165) is 109 Å². The van der Waals surface area contributed by atoms with Crippen molar-refractivity contribution in [2.24, 2.45) is 17.8 Å². The summed E-state index contributed by atoms with van der Waals surface area (Å²) in [7, 11) is -9.87. The zero-order valence-electron chi connectivity index (χ0n) is 51.5. The summed E-state index contributed by atoms with van der Waals surface area (Å²) in [6, 6.07) is 0. The van der Waals surface area contributed by atoms with Crippen molar-refractivity contribution < 1.29 is 80.2 Å². The molecule has 0 bridgehead atoms. The standard InChI is InChI=1S/C61H118O17P2/c1-8-9-10-25-35-42-58(63)71-48-56(78-61(66)45-38-31-24-22-28-34-41-54(6)7)50-75-79(67,68)73-46-55(62)47-74-80(69,70)76-51-57(49-72-59(64)43-36-29-23-21-27-33-40-53(4)5)77-60(65)44-37-30-20-18-16-14-12-11-13-15-17-19-26-32-39-52(2)3/h52-57,62H,8-51H2,1-7H3,(H,67,68)(H,69,70)/t55-,56+,57+/m0/s1. The molecule has 0 aromatic rings. The number of unbranched alkanes of at least 4 members (excludes halogenated alkanes) is 27. The number of esters is 4. The minimum atomic E-state index is -4.94. The third-order valence-corrected chi connectivity index (χ3v) is 15.8. The van der Waals surface area contributed by atoms with E-state index in [0.29, 0.717) is 37.5 Å². The smallest absolute Gasteiger partial charge is 0.462 e. The summed E-state index contributed by atoms with van der Waals surface area (Å²) >= 11 is 0. The Balaban J connectivity index is 5.13. The highest BCUT2D eigenvalue weighted by Gasteiger charge is 2.30.